The van der Waals surface area contributed by atoms with Crippen molar-refractivity contribution in [2.45, 2.75) is 53.1 Å². The number of halogens is 5. The highest BCUT2D eigenvalue weighted by atomic mass is 127. The van der Waals surface area contributed by atoms with Gasteiger partial charge in [0.15, 0.2) is 3.55 Å². The number of nitrogens with zero attached hydrogens (tertiary/aromatic N) is 1. The van der Waals surface area contributed by atoms with E-state index in [1.807, 2.05) is 29.2 Å². The summed E-state index contributed by atoms with van der Waals surface area (Å²) in [6, 6.07) is 13.4. The molecule has 3 fully saturated rings. The summed E-state index contributed by atoms with van der Waals surface area (Å²) in [5.74, 6) is -0.763. The summed E-state index contributed by atoms with van der Waals surface area (Å²) in [5.41, 5.74) is 0.634. The molecule has 2 heterocycles. The lowest BCUT2D eigenvalue weighted by molar-refractivity contribution is -0.274. The first kappa shape index (κ1) is 25.8. The summed E-state index contributed by atoms with van der Waals surface area (Å²) in [6.07, 6.45) is -2.47. The van der Waals surface area contributed by atoms with Crippen LogP contribution in [0.4, 0.5) is 13.2 Å². The highest BCUT2D eigenvalue weighted by Gasteiger charge is 2.55. The molecule has 2 amide bonds. The largest absolute Gasteiger partial charge is 0.573 e. The Morgan fingerprint density at radius 1 is 1.14 bits per heavy atom. The lowest BCUT2D eigenvalue weighted by atomic mass is 9.93. The van der Waals surface area contributed by atoms with Gasteiger partial charge < -0.3 is 20.3 Å². The summed E-state index contributed by atoms with van der Waals surface area (Å²) in [5, 5.41) is 6.45. The second-order valence-corrected chi connectivity index (χ2v) is 12.4. The van der Waals surface area contributed by atoms with Crippen molar-refractivity contribution in [3.8, 4) is 5.75 Å². The SMILES string of the molecule is O=C(N1CC2CC1CN2)C(I)(Cc1ccc(Br)cc1)NC(=O)C1(c2ccc(OC(F)(F)F)cc2)CC1. The molecule has 6 nitrogen and oxygen atoms in total. The Labute approximate surface area is 228 Å². The number of piperazine rings is 1. The number of carbonyl (C=O) groups is 2. The van der Waals surface area contributed by atoms with E-state index in [0.29, 0.717) is 31.4 Å². The van der Waals surface area contributed by atoms with Gasteiger partial charge in [-0.25, -0.2) is 0 Å². The first-order chi connectivity index (χ1) is 17.0. The first-order valence-corrected chi connectivity index (χ1v) is 13.5. The normalized spacial score (nSPS) is 23.8. The van der Waals surface area contributed by atoms with Gasteiger partial charge in [-0.1, -0.05) is 40.2 Å². The molecule has 2 aliphatic heterocycles. The van der Waals surface area contributed by atoms with E-state index >= 15 is 0 Å². The molecule has 5 rings (SSSR count). The fourth-order valence-corrected chi connectivity index (χ4v) is 6.40. The van der Waals surface area contributed by atoms with E-state index < -0.39 is 15.3 Å². The third kappa shape index (κ3) is 5.24. The minimum absolute atomic E-state index is 0.106. The molecule has 1 aliphatic carbocycles. The van der Waals surface area contributed by atoms with Crippen molar-refractivity contribution in [1.29, 1.82) is 0 Å². The Hall–Kier alpha value is -1.86. The molecule has 2 aromatic carbocycles. The van der Waals surface area contributed by atoms with Gasteiger partial charge in [0.1, 0.15) is 5.75 Å². The van der Waals surface area contributed by atoms with Gasteiger partial charge in [-0.2, -0.15) is 0 Å². The lowest BCUT2D eigenvalue weighted by Crippen LogP contribution is -2.61. The van der Waals surface area contributed by atoms with Gasteiger partial charge in [0.25, 0.3) is 5.91 Å². The molecule has 3 unspecified atom stereocenters. The fourth-order valence-electron chi connectivity index (χ4n) is 5.14. The van der Waals surface area contributed by atoms with Crippen molar-refractivity contribution in [3.05, 3.63) is 64.1 Å². The van der Waals surface area contributed by atoms with E-state index in [4.69, 9.17) is 0 Å². The van der Waals surface area contributed by atoms with Gasteiger partial charge in [0, 0.05) is 36.1 Å². The number of nitrogens with one attached hydrogen (secondary N) is 2. The number of benzene rings is 2. The number of amides is 2. The highest BCUT2D eigenvalue weighted by molar-refractivity contribution is 14.1. The zero-order valence-electron chi connectivity index (χ0n) is 19.1. The number of rotatable bonds is 7. The van der Waals surface area contributed by atoms with Gasteiger partial charge >= 0.3 is 6.36 Å². The molecule has 0 radical (unpaired) electrons. The summed E-state index contributed by atoms with van der Waals surface area (Å²) >= 11 is 5.49. The van der Waals surface area contributed by atoms with Gasteiger partial charge in [0.2, 0.25) is 5.91 Å². The van der Waals surface area contributed by atoms with Gasteiger partial charge in [0.05, 0.1) is 5.41 Å². The number of hydrogen-bond donors (Lipinski definition) is 2. The summed E-state index contributed by atoms with van der Waals surface area (Å²) in [4.78, 5) is 29.4. The smallest absolute Gasteiger partial charge is 0.406 e. The maximum atomic E-state index is 13.9. The second-order valence-electron chi connectivity index (χ2n) is 9.67. The fraction of sp³-hybridized carbons (Fsp3) is 0.440. The van der Waals surface area contributed by atoms with Crippen LogP contribution in [0.3, 0.4) is 0 Å². The van der Waals surface area contributed by atoms with Gasteiger partial charge in [-0.15, -0.1) is 13.2 Å². The molecule has 36 heavy (non-hydrogen) atoms. The van der Waals surface area contributed by atoms with Crippen molar-refractivity contribution in [3.63, 3.8) is 0 Å². The van der Waals surface area contributed by atoms with Crippen molar-refractivity contribution in [2.75, 3.05) is 13.1 Å². The summed E-state index contributed by atoms with van der Waals surface area (Å²) in [7, 11) is 0. The third-order valence-corrected chi connectivity index (χ3v) is 8.80. The molecule has 192 valence electrons. The molecule has 11 heteroatoms. The average Bonchev–Trinajstić information content (AvgIpc) is 3.36. The van der Waals surface area contributed by atoms with Crippen LogP contribution in [0.1, 0.15) is 30.4 Å². The molecule has 3 atom stereocenters. The van der Waals surface area contributed by atoms with Crippen LogP contribution in [0, 0.1) is 0 Å². The van der Waals surface area contributed by atoms with Crippen molar-refractivity contribution < 1.29 is 27.5 Å². The minimum atomic E-state index is -4.78. The van der Waals surface area contributed by atoms with E-state index in [-0.39, 0.29) is 29.6 Å². The van der Waals surface area contributed by atoms with E-state index in [1.165, 1.54) is 24.3 Å². The number of ether oxygens (including phenoxy) is 1. The first-order valence-electron chi connectivity index (χ1n) is 11.6. The zero-order chi connectivity index (χ0) is 25.7. The Balaban J connectivity index is 1.38. The van der Waals surface area contributed by atoms with Crippen molar-refractivity contribution in [2.24, 2.45) is 0 Å². The number of carbonyl (C=O) groups excluding carboxylic acids is 2. The molecule has 2 N–H and O–H groups in total. The van der Waals surface area contributed by atoms with E-state index in [1.54, 1.807) is 0 Å². The minimum Gasteiger partial charge on any atom is -0.406 e. The summed E-state index contributed by atoms with van der Waals surface area (Å²) < 4.78 is 41.3. The van der Waals surface area contributed by atoms with Gasteiger partial charge in [-0.05, 0) is 77.2 Å². The molecule has 2 saturated heterocycles. The monoisotopic (exact) mass is 677 g/mol. The Morgan fingerprint density at radius 2 is 1.81 bits per heavy atom. The zero-order valence-corrected chi connectivity index (χ0v) is 22.8. The van der Waals surface area contributed by atoms with Crippen LogP contribution >= 0.6 is 38.5 Å². The molecule has 0 aromatic heterocycles. The number of hydrogen-bond acceptors (Lipinski definition) is 4. The Morgan fingerprint density at radius 3 is 2.33 bits per heavy atom. The number of fused-ring (bicyclic) bond motifs is 2. The molecule has 3 aliphatic rings. The lowest BCUT2D eigenvalue weighted by Gasteiger charge is -2.37. The van der Waals surface area contributed by atoms with Crippen LogP contribution in [0.15, 0.2) is 53.0 Å². The van der Waals surface area contributed by atoms with Crippen LogP contribution in [-0.4, -0.2) is 51.8 Å². The van der Waals surface area contributed by atoms with Crippen molar-refractivity contribution >= 4 is 50.3 Å². The molecule has 2 bridgehead atoms. The van der Waals surface area contributed by atoms with Crippen LogP contribution in [0.2, 0.25) is 0 Å². The molecule has 2 aromatic rings. The number of alkyl halides is 4. The van der Waals surface area contributed by atoms with E-state index in [9.17, 15) is 22.8 Å². The molecule has 1 saturated carbocycles. The van der Waals surface area contributed by atoms with Gasteiger partial charge in [-0.3, -0.25) is 9.59 Å². The topological polar surface area (TPSA) is 70.7 Å². The standard InChI is InChI=1S/C25H24BrF3IN3O3/c26-17-5-1-15(2-6-17)12-24(30,22(35)33-14-18-11-19(33)13-31-18)32-21(34)23(9-10-23)16-3-7-20(8-4-16)36-25(27,28)29/h1-8,18-19,31H,9-14H2,(H,32,34). The maximum absolute atomic E-state index is 13.9. The predicted molar refractivity (Wildman–Crippen MR) is 139 cm³/mol. The number of likely N-dealkylation sites (tertiary alicyclic amines) is 1. The van der Waals surface area contributed by atoms with E-state index in [0.717, 1.165) is 23.0 Å². The predicted octanol–water partition coefficient (Wildman–Crippen LogP) is 4.44. The van der Waals surface area contributed by atoms with E-state index in [2.05, 4.69) is 53.9 Å². The quantitative estimate of drug-likeness (QED) is 0.258. The Kier molecular flexibility index (Phi) is 6.78. The summed E-state index contributed by atoms with van der Waals surface area (Å²) in [6.45, 7) is 1.35. The third-order valence-electron chi connectivity index (χ3n) is 7.15. The van der Waals surface area contributed by atoms with Crippen LogP contribution < -0.4 is 15.4 Å². The molecule has 0 spiro atoms. The van der Waals surface area contributed by atoms with Crippen molar-refractivity contribution in [1.82, 2.24) is 15.5 Å². The molecular weight excluding hydrogens is 654 g/mol. The van der Waals surface area contributed by atoms with Crippen LogP contribution in [0.5, 0.6) is 5.75 Å². The highest BCUT2D eigenvalue weighted by Crippen LogP contribution is 2.49. The molecular formula is C25H24BrF3IN3O3. The Bertz CT molecular complexity index is 1160. The maximum Gasteiger partial charge on any atom is 0.573 e. The van der Waals surface area contributed by atoms with Crippen LogP contribution in [-0.2, 0) is 21.4 Å². The van der Waals surface area contributed by atoms with Crippen LogP contribution in [0.25, 0.3) is 0 Å². The second kappa shape index (κ2) is 9.46. The average molecular weight is 678 g/mol.